The van der Waals surface area contributed by atoms with E-state index in [9.17, 15) is 0 Å². The first-order chi connectivity index (χ1) is 16.8. The lowest BCUT2D eigenvalue weighted by molar-refractivity contribution is -0.141. The van der Waals surface area contributed by atoms with Crippen molar-refractivity contribution in [1.82, 2.24) is 4.98 Å². The fourth-order valence-electron chi connectivity index (χ4n) is 4.45. The summed E-state index contributed by atoms with van der Waals surface area (Å²) in [6.45, 7) is 5.76. The van der Waals surface area contributed by atoms with Gasteiger partial charge in [-0.2, -0.15) is 0 Å². The molecule has 3 unspecified atom stereocenters. The second-order valence-electron chi connectivity index (χ2n) is 8.43. The predicted molar refractivity (Wildman–Crippen MR) is 138 cm³/mol. The van der Waals surface area contributed by atoms with E-state index in [1.54, 1.807) is 0 Å². The van der Waals surface area contributed by atoms with Crippen LogP contribution in [0.1, 0.15) is 49.5 Å². The predicted octanol–water partition coefficient (Wildman–Crippen LogP) is 7.22. The van der Waals surface area contributed by atoms with Gasteiger partial charge in [-0.3, -0.25) is 0 Å². The number of hydrogen-bond acceptors (Lipinski definition) is 3. The van der Waals surface area contributed by atoms with Crippen molar-refractivity contribution in [2.45, 2.75) is 58.2 Å². The number of hydrogen-bond donors (Lipinski definition) is 1. The molecule has 4 nitrogen and oxygen atoms in total. The number of ether oxygens (including phenoxy) is 3. The van der Waals surface area contributed by atoms with Crippen LogP contribution in [0, 0.1) is 0 Å². The molecule has 4 aromatic rings. The Morgan fingerprint density at radius 3 is 2.18 bits per heavy atom. The van der Waals surface area contributed by atoms with Crippen LogP contribution in [-0.4, -0.2) is 23.8 Å². The number of fused-ring (bicyclic) bond motifs is 1. The average molecular weight is 458 g/mol. The van der Waals surface area contributed by atoms with E-state index in [0.717, 1.165) is 18.4 Å². The lowest BCUT2D eigenvalue weighted by Gasteiger charge is -2.35. The van der Waals surface area contributed by atoms with Gasteiger partial charge in [0.25, 0.3) is 0 Å². The maximum atomic E-state index is 6.53. The third-order valence-corrected chi connectivity index (χ3v) is 6.07. The Bertz CT molecular complexity index is 1110. The molecule has 4 heteroatoms. The maximum absolute atomic E-state index is 6.53. The molecule has 1 N–H and O–H groups in total. The number of aromatic nitrogens is 1. The first kappa shape index (κ1) is 24.2. The highest BCUT2D eigenvalue weighted by molar-refractivity contribution is 5.83. The van der Waals surface area contributed by atoms with Gasteiger partial charge in [0.15, 0.2) is 0 Å². The maximum Gasteiger partial charge on any atom is 0.0875 e. The Morgan fingerprint density at radius 1 is 0.794 bits per heavy atom. The smallest absolute Gasteiger partial charge is 0.0875 e. The van der Waals surface area contributed by atoms with Gasteiger partial charge in [-0.25, -0.2) is 0 Å². The van der Waals surface area contributed by atoms with Crippen LogP contribution in [0.4, 0.5) is 0 Å². The molecule has 0 spiro atoms. The van der Waals surface area contributed by atoms with E-state index in [-0.39, 0.29) is 18.3 Å². The second-order valence-corrected chi connectivity index (χ2v) is 8.43. The Kier molecular flexibility index (Phi) is 8.91. The highest BCUT2D eigenvalue weighted by Gasteiger charge is 2.32. The van der Waals surface area contributed by atoms with E-state index < -0.39 is 0 Å². The zero-order valence-corrected chi connectivity index (χ0v) is 20.2. The molecule has 1 saturated heterocycles. The molecule has 34 heavy (non-hydrogen) atoms. The van der Waals surface area contributed by atoms with Gasteiger partial charge in [0.1, 0.15) is 0 Å². The molecule has 2 heterocycles. The lowest BCUT2D eigenvalue weighted by Crippen LogP contribution is -2.35. The Labute approximate surface area is 202 Å². The summed E-state index contributed by atoms with van der Waals surface area (Å²) in [4.78, 5) is 3.39. The van der Waals surface area contributed by atoms with E-state index in [1.165, 1.54) is 22.1 Å². The number of para-hydroxylation sites is 1. The first-order valence-corrected chi connectivity index (χ1v) is 12.3. The van der Waals surface area contributed by atoms with Crippen LogP contribution < -0.4 is 0 Å². The van der Waals surface area contributed by atoms with Crippen LogP contribution in [-0.2, 0) is 27.4 Å². The van der Waals surface area contributed by atoms with Gasteiger partial charge in [-0.05, 0) is 17.2 Å². The molecule has 1 aromatic heterocycles. The van der Waals surface area contributed by atoms with Gasteiger partial charge in [0.05, 0.1) is 38.1 Å². The van der Waals surface area contributed by atoms with Crippen molar-refractivity contribution in [1.29, 1.82) is 0 Å². The molecule has 5 rings (SSSR count). The largest absolute Gasteiger partial charge is 0.374 e. The van der Waals surface area contributed by atoms with Gasteiger partial charge < -0.3 is 19.2 Å². The minimum atomic E-state index is -0.0222. The van der Waals surface area contributed by atoms with Crippen molar-refractivity contribution in [3.8, 4) is 0 Å². The SMILES string of the molecule is CC.c1ccc(COCC2CC(OCc3ccccc3)CC(c3c[nH]c4ccccc34)O2)cc1. The molecule has 0 radical (unpaired) electrons. The fraction of sp³-hybridized carbons (Fsp3) is 0.333. The summed E-state index contributed by atoms with van der Waals surface area (Å²) in [6.07, 6.45) is 3.84. The molecule has 0 saturated carbocycles. The Balaban J connectivity index is 0.00000133. The second kappa shape index (κ2) is 12.5. The average Bonchev–Trinajstić information content (AvgIpc) is 3.34. The van der Waals surface area contributed by atoms with Crippen molar-refractivity contribution < 1.29 is 14.2 Å². The number of H-pyrrole nitrogens is 1. The van der Waals surface area contributed by atoms with E-state index in [2.05, 4.69) is 71.8 Å². The van der Waals surface area contributed by atoms with E-state index in [4.69, 9.17) is 14.2 Å². The van der Waals surface area contributed by atoms with E-state index in [1.807, 2.05) is 38.1 Å². The molecule has 0 bridgehead atoms. The molecular weight excluding hydrogens is 422 g/mol. The normalized spacial score (nSPS) is 20.0. The summed E-state index contributed by atoms with van der Waals surface area (Å²) in [5.74, 6) is 0. The van der Waals surface area contributed by atoms with Crippen LogP contribution in [0.3, 0.4) is 0 Å². The van der Waals surface area contributed by atoms with Gasteiger partial charge in [0.2, 0.25) is 0 Å². The number of benzene rings is 3. The van der Waals surface area contributed by atoms with Gasteiger partial charge >= 0.3 is 0 Å². The zero-order valence-electron chi connectivity index (χ0n) is 20.2. The van der Waals surface area contributed by atoms with Crippen LogP contribution in [0.25, 0.3) is 10.9 Å². The third-order valence-electron chi connectivity index (χ3n) is 6.07. The standard InChI is InChI=1S/C28H29NO3.C2H6/c1-3-9-21(10-4-1)18-30-20-24-15-23(31-19-22-11-5-2-6-12-22)16-28(32-24)26-17-29-27-14-8-7-13-25(26)27;1-2/h1-14,17,23-24,28-29H,15-16,18-20H2;1-2H3. The quantitative estimate of drug-likeness (QED) is 0.304. The summed E-state index contributed by atoms with van der Waals surface area (Å²) < 4.78 is 18.9. The Morgan fingerprint density at radius 2 is 1.44 bits per heavy atom. The monoisotopic (exact) mass is 457 g/mol. The molecule has 1 fully saturated rings. The molecule has 178 valence electrons. The molecule has 3 aromatic carbocycles. The fourth-order valence-corrected chi connectivity index (χ4v) is 4.45. The molecule has 3 atom stereocenters. The number of aromatic amines is 1. The first-order valence-electron chi connectivity index (χ1n) is 12.3. The van der Waals surface area contributed by atoms with Crippen molar-refractivity contribution in [3.05, 3.63) is 108 Å². The summed E-state index contributed by atoms with van der Waals surface area (Å²) in [5, 5.41) is 1.21. The summed E-state index contributed by atoms with van der Waals surface area (Å²) in [7, 11) is 0. The highest BCUT2D eigenvalue weighted by atomic mass is 16.5. The molecular formula is C30H35NO3. The topological polar surface area (TPSA) is 43.5 Å². The summed E-state index contributed by atoms with van der Waals surface area (Å²) in [6, 6.07) is 29.0. The van der Waals surface area contributed by atoms with E-state index in [0.29, 0.717) is 19.8 Å². The van der Waals surface area contributed by atoms with Crippen LogP contribution in [0.15, 0.2) is 91.1 Å². The number of nitrogens with one attached hydrogen (secondary N) is 1. The third kappa shape index (κ3) is 6.35. The van der Waals surface area contributed by atoms with Gasteiger partial charge in [-0.15, -0.1) is 0 Å². The van der Waals surface area contributed by atoms with Crippen LogP contribution in [0.5, 0.6) is 0 Å². The van der Waals surface area contributed by atoms with E-state index >= 15 is 0 Å². The molecule has 0 amide bonds. The van der Waals surface area contributed by atoms with Gasteiger partial charge in [0, 0.05) is 35.5 Å². The van der Waals surface area contributed by atoms with Crippen molar-refractivity contribution in [2.75, 3.05) is 6.61 Å². The van der Waals surface area contributed by atoms with Crippen molar-refractivity contribution in [3.63, 3.8) is 0 Å². The molecule has 1 aliphatic rings. The van der Waals surface area contributed by atoms with Crippen LogP contribution >= 0.6 is 0 Å². The summed E-state index contributed by atoms with van der Waals surface area (Å²) in [5.41, 5.74) is 4.70. The zero-order chi connectivity index (χ0) is 23.6. The van der Waals surface area contributed by atoms with Crippen LogP contribution in [0.2, 0.25) is 0 Å². The minimum Gasteiger partial charge on any atom is -0.374 e. The molecule has 0 aliphatic carbocycles. The lowest BCUT2D eigenvalue weighted by atomic mass is 9.95. The van der Waals surface area contributed by atoms with Gasteiger partial charge in [-0.1, -0.05) is 92.7 Å². The Hall–Kier alpha value is -2.92. The summed E-state index contributed by atoms with van der Waals surface area (Å²) >= 11 is 0. The highest BCUT2D eigenvalue weighted by Crippen LogP contribution is 2.36. The molecule has 1 aliphatic heterocycles. The number of rotatable bonds is 8. The van der Waals surface area contributed by atoms with Crippen molar-refractivity contribution >= 4 is 10.9 Å². The van der Waals surface area contributed by atoms with Crippen molar-refractivity contribution in [2.24, 2.45) is 0 Å². The minimum absolute atomic E-state index is 0.00750.